The van der Waals surface area contributed by atoms with Crippen LogP contribution in [-0.4, -0.2) is 16.1 Å². The van der Waals surface area contributed by atoms with Crippen LogP contribution in [0.4, 0.5) is 0 Å². The lowest BCUT2D eigenvalue weighted by Gasteiger charge is -2.25. The Morgan fingerprint density at radius 2 is 2.11 bits per heavy atom. The third-order valence-electron chi connectivity index (χ3n) is 3.64. The third kappa shape index (κ3) is 2.95. The minimum Gasteiger partial charge on any atom is -0.478 e. The van der Waals surface area contributed by atoms with Gasteiger partial charge in [0.05, 0.1) is 5.56 Å². The molecule has 2 rings (SSSR count). The number of aromatic nitrogens is 1. The molecule has 4 nitrogen and oxygen atoms in total. The van der Waals surface area contributed by atoms with E-state index in [1.165, 1.54) is 6.07 Å². The molecule has 1 atom stereocenters. The number of benzene rings is 1. The first-order valence-electron chi connectivity index (χ1n) is 6.40. The molecule has 0 saturated carbocycles. The molecule has 1 aromatic heterocycles. The largest absolute Gasteiger partial charge is 0.478 e. The van der Waals surface area contributed by atoms with Crippen molar-refractivity contribution >= 4 is 17.1 Å². The number of nitrogens with zero attached hydrogens (tertiary/aromatic N) is 1. The van der Waals surface area contributed by atoms with Gasteiger partial charge in [0.25, 0.3) is 0 Å². The fourth-order valence-electron chi connectivity index (χ4n) is 1.76. The molecular formula is C15H19NO3. The van der Waals surface area contributed by atoms with Crippen LogP contribution in [0.5, 0.6) is 0 Å². The number of rotatable bonds is 3. The summed E-state index contributed by atoms with van der Waals surface area (Å²) in [5.74, 6) is 0.141. The minimum absolute atomic E-state index is 0.187. The monoisotopic (exact) mass is 261 g/mol. The van der Waals surface area contributed by atoms with Crippen molar-refractivity contribution in [3.05, 3.63) is 29.7 Å². The van der Waals surface area contributed by atoms with E-state index in [0.29, 0.717) is 22.9 Å². The molecule has 0 radical (unpaired) electrons. The summed E-state index contributed by atoms with van der Waals surface area (Å²) in [6.07, 6.45) is 0.751. The van der Waals surface area contributed by atoms with Gasteiger partial charge >= 0.3 is 5.97 Å². The predicted octanol–water partition coefficient (Wildman–Crippen LogP) is 3.75. The van der Waals surface area contributed by atoms with E-state index in [9.17, 15) is 4.79 Å². The standard InChI is InChI=1S/C15H19NO3/c1-9(15(2,3)4)7-13-16-11-6-5-10(14(17)18)8-12(11)19-13/h5-6,8-9H,7H2,1-4H3,(H,17,18). The van der Waals surface area contributed by atoms with Crippen LogP contribution >= 0.6 is 0 Å². The maximum atomic E-state index is 10.9. The van der Waals surface area contributed by atoms with Crippen molar-refractivity contribution in [3.63, 3.8) is 0 Å². The van der Waals surface area contributed by atoms with Crippen LogP contribution in [0.1, 0.15) is 43.9 Å². The van der Waals surface area contributed by atoms with Gasteiger partial charge in [0, 0.05) is 6.42 Å². The van der Waals surface area contributed by atoms with Crippen molar-refractivity contribution in [3.8, 4) is 0 Å². The lowest BCUT2D eigenvalue weighted by molar-refractivity contribution is 0.0697. The molecular weight excluding hydrogens is 242 g/mol. The topological polar surface area (TPSA) is 63.3 Å². The summed E-state index contributed by atoms with van der Waals surface area (Å²) in [5.41, 5.74) is 1.66. The second kappa shape index (κ2) is 4.68. The lowest BCUT2D eigenvalue weighted by atomic mass is 9.80. The normalized spacial score (nSPS) is 13.7. The molecule has 19 heavy (non-hydrogen) atoms. The summed E-state index contributed by atoms with van der Waals surface area (Å²) in [4.78, 5) is 15.3. The highest BCUT2D eigenvalue weighted by molar-refractivity contribution is 5.91. The molecule has 1 N–H and O–H groups in total. The number of hydrogen-bond acceptors (Lipinski definition) is 3. The van der Waals surface area contributed by atoms with Crippen molar-refractivity contribution in [2.45, 2.75) is 34.1 Å². The summed E-state index contributed by atoms with van der Waals surface area (Å²) in [6.45, 7) is 8.71. The zero-order valence-electron chi connectivity index (χ0n) is 11.7. The van der Waals surface area contributed by atoms with Crippen LogP contribution in [0, 0.1) is 11.3 Å². The zero-order chi connectivity index (χ0) is 14.2. The summed E-state index contributed by atoms with van der Waals surface area (Å²) in [5, 5.41) is 8.94. The zero-order valence-corrected chi connectivity index (χ0v) is 11.7. The van der Waals surface area contributed by atoms with Gasteiger partial charge < -0.3 is 9.52 Å². The molecule has 0 bridgehead atoms. The molecule has 1 unspecified atom stereocenters. The number of oxazole rings is 1. The number of carboxylic acids is 1. The van der Waals surface area contributed by atoms with Crippen LogP contribution in [0.15, 0.2) is 22.6 Å². The van der Waals surface area contributed by atoms with Crippen LogP contribution < -0.4 is 0 Å². The van der Waals surface area contributed by atoms with E-state index >= 15 is 0 Å². The maximum absolute atomic E-state index is 10.9. The first-order chi connectivity index (χ1) is 8.77. The highest BCUT2D eigenvalue weighted by atomic mass is 16.4. The maximum Gasteiger partial charge on any atom is 0.335 e. The Morgan fingerprint density at radius 3 is 2.68 bits per heavy atom. The Balaban J connectivity index is 2.29. The van der Waals surface area contributed by atoms with E-state index in [1.54, 1.807) is 12.1 Å². The van der Waals surface area contributed by atoms with Gasteiger partial charge in [-0.2, -0.15) is 0 Å². The number of fused-ring (bicyclic) bond motifs is 1. The van der Waals surface area contributed by atoms with Crippen molar-refractivity contribution < 1.29 is 14.3 Å². The molecule has 4 heteroatoms. The van der Waals surface area contributed by atoms with Crippen molar-refractivity contribution in [1.29, 1.82) is 0 Å². The number of carbonyl (C=O) groups is 1. The van der Waals surface area contributed by atoms with Crippen molar-refractivity contribution in [1.82, 2.24) is 4.98 Å². The van der Waals surface area contributed by atoms with Gasteiger partial charge in [-0.1, -0.05) is 27.7 Å². The molecule has 1 heterocycles. The number of aromatic carboxylic acids is 1. The van der Waals surface area contributed by atoms with Gasteiger partial charge in [-0.3, -0.25) is 0 Å². The molecule has 0 aliphatic carbocycles. The third-order valence-corrected chi connectivity index (χ3v) is 3.64. The van der Waals surface area contributed by atoms with Gasteiger partial charge in [0.15, 0.2) is 11.5 Å². The van der Waals surface area contributed by atoms with Gasteiger partial charge in [-0.05, 0) is 29.5 Å². The average molecular weight is 261 g/mol. The Kier molecular flexibility index (Phi) is 3.35. The Bertz CT molecular complexity index is 607. The molecule has 0 aliphatic heterocycles. The fourth-order valence-corrected chi connectivity index (χ4v) is 1.76. The molecule has 0 fully saturated rings. The molecule has 0 amide bonds. The summed E-state index contributed by atoms with van der Waals surface area (Å²) in [7, 11) is 0. The lowest BCUT2D eigenvalue weighted by Crippen LogP contribution is -2.19. The average Bonchev–Trinajstić information content (AvgIpc) is 2.68. The SMILES string of the molecule is CC(Cc1nc2ccc(C(=O)O)cc2o1)C(C)(C)C. The van der Waals surface area contributed by atoms with Crippen LogP contribution in [0.3, 0.4) is 0 Å². The molecule has 0 aliphatic rings. The molecule has 0 saturated heterocycles. The van der Waals surface area contributed by atoms with E-state index in [-0.39, 0.29) is 11.0 Å². The summed E-state index contributed by atoms with van der Waals surface area (Å²) < 4.78 is 5.65. The first-order valence-corrected chi connectivity index (χ1v) is 6.40. The second-order valence-corrected chi connectivity index (χ2v) is 6.07. The Hall–Kier alpha value is -1.84. The van der Waals surface area contributed by atoms with Crippen molar-refractivity contribution in [2.75, 3.05) is 0 Å². The molecule has 2 aromatic rings. The minimum atomic E-state index is -0.956. The van der Waals surface area contributed by atoms with E-state index in [4.69, 9.17) is 9.52 Å². The second-order valence-electron chi connectivity index (χ2n) is 6.07. The number of carboxylic acid groups (broad SMARTS) is 1. The highest BCUT2D eigenvalue weighted by Crippen LogP contribution is 2.29. The van der Waals surface area contributed by atoms with E-state index < -0.39 is 5.97 Å². The van der Waals surface area contributed by atoms with Gasteiger partial charge in [0.2, 0.25) is 0 Å². The Labute approximate surface area is 112 Å². The van der Waals surface area contributed by atoms with Crippen LogP contribution in [-0.2, 0) is 6.42 Å². The van der Waals surface area contributed by atoms with E-state index in [0.717, 1.165) is 6.42 Å². The quantitative estimate of drug-likeness (QED) is 0.913. The van der Waals surface area contributed by atoms with Gasteiger partial charge in [0.1, 0.15) is 5.52 Å². The molecule has 0 spiro atoms. The first kappa shape index (κ1) is 13.6. The molecule has 1 aromatic carbocycles. The molecule has 102 valence electrons. The van der Waals surface area contributed by atoms with E-state index in [1.807, 2.05) is 0 Å². The fraction of sp³-hybridized carbons (Fsp3) is 0.467. The summed E-state index contributed by atoms with van der Waals surface area (Å²) >= 11 is 0. The predicted molar refractivity (Wildman–Crippen MR) is 73.3 cm³/mol. The van der Waals surface area contributed by atoms with Crippen LogP contribution in [0.2, 0.25) is 0 Å². The number of hydrogen-bond donors (Lipinski definition) is 1. The van der Waals surface area contributed by atoms with Crippen molar-refractivity contribution in [2.24, 2.45) is 11.3 Å². The Morgan fingerprint density at radius 1 is 1.42 bits per heavy atom. The van der Waals surface area contributed by atoms with E-state index in [2.05, 4.69) is 32.7 Å². The summed E-state index contributed by atoms with van der Waals surface area (Å²) in [6, 6.07) is 4.76. The van der Waals surface area contributed by atoms with Crippen LogP contribution in [0.25, 0.3) is 11.1 Å². The van der Waals surface area contributed by atoms with Gasteiger partial charge in [-0.15, -0.1) is 0 Å². The smallest absolute Gasteiger partial charge is 0.335 e. The highest BCUT2D eigenvalue weighted by Gasteiger charge is 2.22. The van der Waals surface area contributed by atoms with Gasteiger partial charge in [-0.25, -0.2) is 9.78 Å².